The number of aromatic nitrogens is 2. The normalized spacial score (nSPS) is 13.3. The Kier molecular flexibility index (Phi) is 4.01. The Labute approximate surface area is 128 Å². The number of nitrogens with one attached hydrogen (secondary N) is 1. The summed E-state index contributed by atoms with van der Waals surface area (Å²) in [5.74, 6) is 1.84. The average molecular weight is 332 g/mol. The molecule has 3 nitrogen and oxygen atoms in total. The van der Waals surface area contributed by atoms with E-state index in [1.165, 1.54) is 17.7 Å². The largest absolute Gasteiger partial charge is 0.370 e. The molecule has 1 aliphatic carbocycles. The molecule has 1 N–H and O–H groups in total. The molecule has 3 rings (SSSR count). The van der Waals surface area contributed by atoms with E-state index in [2.05, 4.69) is 34.2 Å². The number of nitrogens with zero attached hydrogens (tertiary/aromatic N) is 2. The number of rotatable bonds is 4. The lowest BCUT2D eigenvalue weighted by molar-refractivity contribution is 0.899. The second kappa shape index (κ2) is 5.92. The summed E-state index contributed by atoms with van der Waals surface area (Å²) in [5, 5.41) is 3.46. The number of hydrogen-bond acceptors (Lipinski definition) is 3. The summed E-state index contributed by atoms with van der Waals surface area (Å²) >= 11 is 3.59. The van der Waals surface area contributed by atoms with Crippen LogP contribution >= 0.6 is 15.9 Å². The molecule has 1 aliphatic rings. The van der Waals surface area contributed by atoms with E-state index in [1.54, 1.807) is 0 Å². The molecule has 0 saturated carbocycles. The van der Waals surface area contributed by atoms with Crippen molar-refractivity contribution in [3.8, 4) is 11.4 Å². The van der Waals surface area contributed by atoms with Gasteiger partial charge in [-0.05, 0) is 31.7 Å². The standard InChI is InChI=1S/C16H18BrN3/c1-2-10-18-15-12-7-5-9-14(12)19-16(20-15)11-6-3-4-8-13(11)17/h3-4,6,8H,2,5,7,9-10H2,1H3,(H,18,19,20). The van der Waals surface area contributed by atoms with Crippen LogP contribution in [-0.2, 0) is 12.8 Å². The van der Waals surface area contributed by atoms with Crippen molar-refractivity contribution in [2.24, 2.45) is 0 Å². The Morgan fingerprint density at radius 2 is 2.05 bits per heavy atom. The summed E-state index contributed by atoms with van der Waals surface area (Å²) in [5.41, 5.74) is 3.58. The Hall–Kier alpha value is -1.42. The smallest absolute Gasteiger partial charge is 0.162 e. The highest BCUT2D eigenvalue weighted by Crippen LogP contribution is 2.31. The summed E-state index contributed by atoms with van der Waals surface area (Å²) in [6.07, 6.45) is 4.45. The molecule has 20 heavy (non-hydrogen) atoms. The number of aryl methyl sites for hydroxylation is 1. The third-order valence-corrected chi connectivity index (χ3v) is 4.28. The van der Waals surface area contributed by atoms with Crippen molar-refractivity contribution in [3.05, 3.63) is 40.0 Å². The molecule has 0 saturated heterocycles. The zero-order valence-electron chi connectivity index (χ0n) is 11.6. The second-order valence-electron chi connectivity index (χ2n) is 5.08. The fourth-order valence-electron chi connectivity index (χ4n) is 2.59. The topological polar surface area (TPSA) is 37.8 Å². The predicted molar refractivity (Wildman–Crippen MR) is 86.0 cm³/mol. The number of halogens is 1. The fourth-order valence-corrected chi connectivity index (χ4v) is 3.05. The zero-order valence-corrected chi connectivity index (χ0v) is 13.2. The first-order valence-corrected chi connectivity index (χ1v) is 7.97. The van der Waals surface area contributed by atoms with Crippen molar-refractivity contribution in [1.29, 1.82) is 0 Å². The van der Waals surface area contributed by atoms with Gasteiger partial charge >= 0.3 is 0 Å². The predicted octanol–water partition coefficient (Wildman–Crippen LogP) is 4.22. The van der Waals surface area contributed by atoms with E-state index in [4.69, 9.17) is 9.97 Å². The monoisotopic (exact) mass is 331 g/mol. The maximum Gasteiger partial charge on any atom is 0.162 e. The maximum atomic E-state index is 4.77. The molecule has 0 unspecified atom stereocenters. The minimum atomic E-state index is 0.816. The van der Waals surface area contributed by atoms with Gasteiger partial charge < -0.3 is 5.32 Å². The summed E-state index contributed by atoms with van der Waals surface area (Å²) in [4.78, 5) is 9.53. The van der Waals surface area contributed by atoms with E-state index in [-0.39, 0.29) is 0 Å². The van der Waals surface area contributed by atoms with Crippen LogP contribution in [0.4, 0.5) is 5.82 Å². The molecule has 4 heteroatoms. The van der Waals surface area contributed by atoms with Gasteiger partial charge in [-0.15, -0.1) is 0 Å². The summed E-state index contributed by atoms with van der Waals surface area (Å²) in [7, 11) is 0. The Morgan fingerprint density at radius 1 is 1.20 bits per heavy atom. The molecule has 104 valence electrons. The van der Waals surface area contributed by atoms with E-state index >= 15 is 0 Å². The van der Waals surface area contributed by atoms with Crippen LogP contribution in [0, 0.1) is 0 Å². The molecule has 1 aromatic carbocycles. The lowest BCUT2D eigenvalue weighted by Crippen LogP contribution is -2.08. The zero-order chi connectivity index (χ0) is 13.9. The Morgan fingerprint density at radius 3 is 2.85 bits per heavy atom. The molecule has 0 fully saturated rings. The molecular formula is C16H18BrN3. The minimum Gasteiger partial charge on any atom is -0.370 e. The first-order valence-electron chi connectivity index (χ1n) is 7.18. The number of fused-ring (bicyclic) bond motifs is 1. The van der Waals surface area contributed by atoms with Crippen LogP contribution in [0.2, 0.25) is 0 Å². The number of benzene rings is 1. The lowest BCUT2D eigenvalue weighted by atomic mass is 10.2. The Bertz CT molecular complexity index is 625. The van der Waals surface area contributed by atoms with Gasteiger partial charge in [0.2, 0.25) is 0 Å². The molecule has 0 amide bonds. The van der Waals surface area contributed by atoms with Gasteiger partial charge in [-0.2, -0.15) is 0 Å². The van der Waals surface area contributed by atoms with Crippen LogP contribution in [0.25, 0.3) is 11.4 Å². The first-order chi connectivity index (χ1) is 9.79. The summed E-state index contributed by atoms with van der Waals surface area (Å²) in [6, 6.07) is 8.13. The maximum absolute atomic E-state index is 4.77. The Balaban J connectivity index is 2.06. The fraction of sp³-hybridized carbons (Fsp3) is 0.375. The van der Waals surface area contributed by atoms with Crippen LogP contribution in [0.1, 0.15) is 31.0 Å². The quantitative estimate of drug-likeness (QED) is 0.911. The molecule has 1 heterocycles. The number of hydrogen-bond donors (Lipinski definition) is 1. The molecule has 1 aromatic heterocycles. The highest BCUT2D eigenvalue weighted by molar-refractivity contribution is 9.10. The van der Waals surface area contributed by atoms with Gasteiger partial charge in [-0.1, -0.05) is 41.1 Å². The lowest BCUT2D eigenvalue weighted by Gasteiger charge is -2.12. The van der Waals surface area contributed by atoms with Crippen molar-refractivity contribution >= 4 is 21.7 Å². The molecular weight excluding hydrogens is 314 g/mol. The molecule has 0 spiro atoms. The highest BCUT2D eigenvalue weighted by Gasteiger charge is 2.20. The molecule has 2 aromatic rings. The van der Waals surface area contributed by atoms with Gasteiger partial charge in [-0.25, -0.2) is 9.97 Å². The van der Waals surface area contributed by atoms with Crippen LogP contribution in [0.3, 0.4) is 0 Å². The van der Waals surface area contributed by atoms with E-state index in [0.29, 0.717) is 0 Å². The SMILES string of the molecule is CCCNc1nc(-c2ccccc2Br)nc2c1CCC2. The summed E-state index contributed by atoms with van der Waals surface area (Å²) < 4.78 is 1.04. The summed E-state index contributed by atoms with van der Waals surface area (Å²) in [6.45, 7) is 3.13. The van der Waals surface area contributed by atoms with Crippen LogP contribution in [0.5, 0.6) is 0 Å². The van der Waals surface area contributed by atoms with Gasteiger partial charge in [-0.3, -0.25) is 0 Å². The first kappa shape index (κ1) is 13.6. The van der Waals surface area contributed by atoms with Crippen molar-refractivity contribution in [2.45, 2.75) is 32.6 Å². The second-order valence-corrected chi connectivity index (χ2v) is 5.94. The van der Waals surface area contributed by atoms with Crippen molar-refractivity contribution in [2.75, 3.05) is 11.9 Å². The van der Waals surface area contributed by atoms with Crippen LogP contribution < -0.4 is 5.32 Å². The van der Waals surface area contributed by atoms with Crippen LogP contribution in [0.15, 0.2) is 28.7 Å². The molecule has 0 atom stereocenters. The minimum absolute atomic E-state index is 0.816. The van der Waals surface area contributed by atoms with Gasteiger partial charge in [0.1, 0.15) is 5.82 Å². The van der Waals surface area contributed by atoms with Crippen molar-refractivity contribution in [1.82, 2.24) is 9.97 Å². The third kappa shape index (κ3) is 2.57. The van der Waals surface area contributed by atoms with E-state index < -0.39 is 0 Å². The van der Waals surface area contributed by atoms with Crippen molar-refractivity contribution < 1.29 is 0 Å². The van der Waals surface area contributed by atoms with Crippen LogP contribution in [-0.4, -0.2) is 16.5 Å². The average Bonchev–Trinajstić information content (AvgIpc) is 2.93. The van der Waals surface area contributed by atoms with Gasteiger partial charge in [0.05, 0.1) is 0 Å². The van der Waals surface area contributed by atoms with E-state index in [0.717, 1.165) is 47.5 Å². The molecule has 0 aliphatic heterocycles. The third-order valence-electron chi connectivity index (χ3n) is 3.59. The molecule has 0 bridgehead atoms. The highest BCUT2D eigenvalue weighted by atomic mass is 79.9. The van der Waals surface area contributed by atoms with Gasteiger partial charge in [0, 0.05) is 27.8 Å². The van der Waals surface area contributed by atoms with Crippen molar-refractivity contribution in [3.63, 3.8) is 0 Å². The van der Waals surface area contributed by atoms with E-state index in [9.17, 15) is 0 Å². The van der Waals surface area contributed by atoms with Gasteiger partial charge in [0.25, 0.3) is 0 Å². The number of anilines is 1. The molecule has 0 radical (unpaired) electrons. The van der Waals surface area contributed by atoms with E-state index in [1.807, 2.05) is 18.2 Å². The van der Waals surface area contributed by atoms with Gasteiger partial charge in [0.15, 0.2) is 5.82 Å².